The molecule has 1 aromatic carbocycles. The molecule has 5 heteroatoms. The maximum Gasteiger partial charge on any atom is 0.263 e. The van der Waals surface area contributed by atoms with Crippen LogP contribution in [-0.4, -0.2) is 41.2 Å². The molecule has 1 amide bonds. The van der Waals surface area contributed by atoms with Crippen molar-refractivity contribution in [1.82, 2.24) is 4.90 Å². The van der Waals surface area contributed by atoms with Gasteiger partial charge in [0.2, 0.25) is 0 Å². The van der Waals surface area contributed by atoms with Gasteiger partial charge in [-0.1, -0.05) is 6.07 Å². The van der Waals surface area contributed by atoms with Crippen LogP contribution in [0.5, 0.6) is 5.75 Å². The predicted octanol–water partition coefficient (Wildman–Crippen LogP) is 1.97. The highest BCUT2D eigenvalue weighted by Gasteiger charge is 2.30. The quantitative estimate of drug-likeness (QED) is 0.918. The van der Waals surface area contributed by atoms with E-state index in [4.69, 9.17) is 4.74 Å². The molecule has 2 rings (SSSR count). The molecule has 1 aromatic rings. The fourth-order valence-electron chi connectivity index (χ4n) is 2.51. The first-order chi connectivity index (χ1) is 9.61. The molecule has 1 aliphatic heterocycles. The molecule has 0 spiro atoms. The van der Waals surface area contributed by atoms with E-state index < -0.39 is 11.9 Å². The summed E-state index contributed by atoms with van der Waals surface area (Å²) in [6.45, 7) is 2.26. The van der Waals surface area contributed by atoms with Crippen molar-refractivity contribution >= 4 is 5.91 Å². The summed E-state index contributed by atoms with van der Waals surface area (Å²) in [5.74, 6) is -0.218. The van der Waals surface area contributed by atoms with E-state index in [-0.39, 0.29) is 18.6 Å². The zero-order valence-electron chi connectivity index (χ0n) is 11.6. The van der Waals surface area contributed by atoms with Gasteiger partial charge in [0, 0.05) is 12.6 Å². The fraction of sp³-hybridized carbons (Fsp3) is 0.533. The Morgan fingerprint density at radius 2 is 2.35 bits per heavy atom. The van der Waals surface area contributed by atoms with Crippen LogP contribution in [0.15, 0.2) is 24.3 Å². The summed E-state index contributed by atoms with van der Waals surface area (Å²) in [6, 6.07) is 5.61. The van der Waals surface area contributed by atoms with Crippen LogP contribution in [0.4, 0.5) is 4.39 Å². The van der Waals surface area contributed by atoms with Gasteiger partial charge in [-0.05, 0) is 38.3 Å². The lowest BCUT2D eigenvalue weighted by Crippen LogP contribution is -2.50. The molecule has 4 nitrogen and oxygen atoms in total. The first-order valence-corrected chi connectivity index (χ1v) is 6.95. The van der Waals surface area contributed by atoms with Crippen molar-refractivity contribution in [2.45, 2.75) is 38.3 Å². The molecule has 0 aliphatic carbocycles. The maximum atomic E-state index is 13.1. The smallest absolute Gasteiger partial charge is 0.263 e. The second-order valence-corrected chi connectivity index (χ2v) is 5.08. The number of benzene rings is 1. The molecule has 2 unspecified atom stereocenters. The summed E-state index contributed by atoms with van der Waals surface area (Å²) in [6.07, 6.45) is 2.08. The van der Waals surface area contributed by atoms with E-state index in [0.717, 1.165) is 19.3 Å². The first-order valence-electron chi connectivity index (χ1n) is 6.95. The molecule has 0 radical (unpaired) electrons. The molecule has 2 atom stereocenters. The van der Waals surface area contributed by atoms with E-state index in [2.05, 4.69) is 0 Å². The number of piperidine rings is 1. The third-order valence-electron chi connectivity index (χ3n) is 3.58. The number of rotatable bonds is 4. The zero-order chi connectivity index (χ0) is 14.5. The predicted molar refractivity (Wildman–Crippen MR) is 72.9 cm³/mol. The van der Waals surface area contributed by atoms with Gasteiger partial charge in [0.1, 0.15) is 11.6 Å². The highest BCUT2D eigenvalue weighted by molar-refractivity contribution is 5.81. The molecule has 1 saturated heterocycles. The average molecular weight is 281 g/mol. The highest BCUT2D eigenvalue weighted by atomic mass is 19.1. The summed E-state index contributed by atoms with van der Waals surface area (Å²) in [4.78, 5) is 14.0. The van der Waals surface area contributed by atoms with Crippen LogP contribution in [-0.2, 0) is 4.79 Å². The number of aliphatic hydroxyl groups excluding tert-OH is 1. The minimum Gasteiger partial charge on any atom is -0.481 e. The molecule has 110 valence electrons. The normalized spacial score (nSPS) is 20.6. The van der Waals surface area contributed by atoms with Crippen molar-refractivity contribution < 1.29 is 19.0 Å². The lowest BCUT2D eigenvalue weighted by molar-refractivity contribution is -0.142. The summed E-state index contributed by atoms with van der Waals surface area (Å²) < 4.78 is 18.6. The molecule has 1 heterocycles. The Kier molecular flexibility index (Phi) is 4.95. The second kappa shape index (κ2) is 6.70. The minimum absolute atomic E-state index is 0.0293. The number of hydrogen-bond acceptors (Lipinski definition) is 3. The molecule has 1 fully saturated rings. The Bertz CT molecular complexity index is 466. The van der Waals surface area contributed by atoms with E-state index in [1.165, 1.54) is 12.1 Å². The lowest BCUT2D eigenvalue weighted by atomic mass is 10.0. The monoisotopic (exact) mass is 281 g/mol. The zero-order valence-corrected chi connectivity index (χ0v) is 11.6. The number of hydrogen-bond donors (Lipinski definition) is 1. The standard InChI is InChI=1S/C15H20FNO3/c1-11(20-14-7-4-5-12(16)9-14)15(19)17-8-3-2-6-13(17)10-18/h4-5,7,9,11,13,18H,2-3,6,8,10H2,1H3. The van der Waals surface area contributed by atoms with Crippen LogP contribution < -0.4 is 4.74 Å². The van der Waals surface area contributed by atoms with E-state index in [1.807, 2.05) is 0 Å². The van der Waals surface area contributed by atoms with Crippen molar-refractivity contribution in [2.75, 3.05) is 13.2 Å². The van der Waals surface area contributed by atoms with Crippen LogP contribution in [0, 0.1) is 5.82 Å². The fourth-order valence-corrected chi connectivity index (χ4v) is 2.51. The van der Waals surface area contributed by atoms with Crippen LogP contribution in [0.25, 0.3) is 0 Å². The number of amides is 1. The number of nitrogens with zero attached hydrogens (tertiary/aromatic N) is 1. The number of carbonyl (C=O) groups is 1. The number of halogens is 1. The van der Waals surface area contributed by atoms with Gasteiger partial charge in [-0.15, -0.1) is 0 Å². The highest BCUT2D eigenvalue weighted by Crippen LogP contribution is 2.20. The van der Waals surface area contributed by atoms with Crippen LogP contribution in [0.2, 0.25) is 0 Å². The van der Waals surface area contributed by atoms with Crippen molar-refractivity contribution in [3.05, 3.63) is 30.1 Å². The number of carbonyl (C=O) groups excluding carboxylic acids is 1. The minimum atomic E-state index is -0.691. The number of aliphatic hydroxyl groups is 1. The molecular formula is C15H20FNO3. The third-order valence-corrected chi connectivity index (χ3v) is 3.58. The third kappa shape index (κ3) is 3.48. The topological polar surface area (TPSA) is 49.8 Å². The van der Waals surface area contributed by atoms with Gasteiger partial charge in [-0.25, -0.2) is 4.39 Å². The van der Waals surface area contributed by atoms with E-state index in [0.29, 0.717) is 12.3 Å². The summed E-state index contributed by atoms with van der Waals surface area (Å²) in [7, 11) is 0. The maximum absolute atomic E-state index is 13.1. The van der Waals surface area contributed by atoms with Crippen molar-refractivity contribution in [2.24, 2.45) is 0 Å². The first kappa shape index (κ1) is 14.8. The Balaban J connectivity index is 2.00. The molecule has 1 N–H and O–H groups in total. The SMILES string of the molecule is CC(Oc1cccc(F)c1)C(=O)N1CCCCC1CO. The van der Waals surface area contributed by atoms with Crippen molar-refractivity contribution in [3.63, 3.8) is 0 Å². The molecule has 20 heavy (non-hydrogen) atoms. The summed E-state index contributed by atoms with van der Waals surface area (Å²) in [5, 5.41) is 9.33. The molecule has 0 saturated carbocycles. The molecule has 1 aliphatic rings. The van der Waals surface area contributed by atoms with Gasteiger partial charge in [0.05, 0.1) is 12.6 Å². The molecule has 0 aromatic heterocycles. The summed E-state index contributed by atoms with van der Waals surface area (Å²) in [5.41, 5.74) is 0. The lowest BCUT2D eigenvalue weighted by Gasteiger charge is -2.36. The van der Waals surface area contributed by atoms with Gasteiger partial charge in [0.15, 0.2) is 6.10 Å². The van der Waals surface area contributed by atoms with Crippen molar-refractivity contribution in [3.8, 4) is 5.75 Å². The Hall–Kier alpha value is -1.62. The summed E-state index contributed by atoms with van der Waals surface area (Å²) >= 11 is 0. The molecule has 0 bridgehead atoms. The van der Waals surface area contributed by atoms with E-state index >= 15 is 0 Å². The number of likely N-dealkylation sites (tertiary alicyclic amines) is 1. The van der Waals surface area contributed by atoms with Gasteiger partial charge < -0.3 is 14.7 Å². The van der Waals surface area contributed by atoms with Crippen LogP contribution in [0.1, 0.15) is 26.2 Å². The van der Waals surface area contributed by atoms with E-state index in [1.54, 1.807) is 24.0 Å². The van der Waals surface area contributed by atoms with Gasteiger partial charge in [-0.3, -0.25) is 4.79 Å². The van der Waals surface area contributed by atoms with E-state index in [9.17, 15) is 14.3 Å². The Labute approximate surface area is 118 Å². The van der Waals surface area contributed by atoms with Crippen LogP contribution >= 0.6 is 0 Å². The number of ether oxygens (including phenoxy) is 1. The Morgan fingerprint density at radius 3 is 3.05 bits per heavy atom. The van der Waals surface area contributed by atoms with Crippen molar-refractivity contribution in [1.29, 1.82) is 0 Å². The Morgan fingerprint density at radius 1 is 1.55 bits per heavy atom. The van der Waals surface area contributed by atoms with Gasteiger partial charge in [0.25, 0.3) is 5.91 Å². The largest absolute Gasteiger partial charge is 0.481 e. The van der Waals surface area contributed by atoms with Gasteiger partial charge in [-0.2, -0.15) is 0 Å². The second-order valence-electron chi connectivity index (χ2n) is 5.08. The van der Waals surface area contributed by atoms with Gasteiger partial charge >= 0.3 is 0 Å². The average Bonchev–Trinajstić information content (AvgIpc) is 2.46. The van der Waals surface area contributed by atoms with Crippen LogP contribution in [0.3, 0.4) is 0 Å². The molecular weight excluding hydrogens is 261 g/mol.